The van der Waals surface area contributed by atoms with E-state index in [4.69, 9.17) is 4.74 Å². The molecule has 0 bridgehead atoms. The van der Waals surface area contributed by atoms with Gasteiger partial charge < -0.3 is 14.6 Å². The number of ether oxygens (including phenoxy) is 1. The molecule has 1 saturated heterocycles. The Morgan fingerprint density at radius 2 is 2.21 bits per heavy atom. The summed E-state index contributed by atoms with van der Waals surface area (Å²) in [4.78, 5) is 23.2. The zero-order valence-corrected chi connectivity index (χ0v) is 8.36. The molecule has 1 rings (SSSR count). The van der Waals surface area contributed by atoms with Crippen LogP contribution in [0.3, 0.4) is 0 Å². The van der Waals surface area contributed by atoms with Crippen molar-refractivity contribution in [2.24, 2.45) is 0 Å². The molecule has 0 aromatic heterocycles. The van der Waals surface area contributed by atoms with Gasteiger partial charge in [-0.1, -0.05) is 0 Å². The molecule has 0 radical (unpaired) electrons. The summed E-state index contributed by atoms with van der Waals surface area (Å²) >= 11 is 0. The van der Waals surface area contributed by atoms with Gasteiger partial charge in [-0.05, 0) is 13.3 Å². The number of carboxylic acids is 1. The first-order chi connectivity index (χ1) is 6.54. The summed E-state index contributed by atoms with van der Waals surface area (Å²) in [5, 5.41) is 10.4. The normalized spacial score (nSPS) is 27.9. The molecular weight excluding hydrogens is 186 g/mol. The fraction of sp³-hybridized carbons (Fsp3) is 0.778. The van der Waals surface area contributed by atoms with Gasteiger partial charge in [-0.15, -0.1) is 0 Å². The molecule has 0 aromatic carbocycles. The molecule has 0 saturated carbocycles. The second kappa shape index (κ2) is 4.52. The molecule has 5 heteroatoms. The predicted octanol–water partition coefficient (Wildman–Crippen LogP) is -1.59. The van der Waals surface area contributed by atoms with Crippen LogP contribution in [-0.4, -0.2) is 49.0 Å². The molecule has 1 aliphatic heterocycles. The molecule has 1 heterocycles. The van der Waals surface area contributed by atoms with Crippen molar-refractivity contribution in [3.63, 3.8) is 0 Å². The average Bonchev–Trinajstić information content (AvgIpc) is 2.46. The van der Waals surface area contributed by atoms with E-state index in [-0.39, 0.29) is 24.5 Å². The largest absolute Gasteiger partial charge is 0.549 e. The molecule has 0 spiro atoms. The summed E-state index contributed by atoms with van der Waals surface area (Å²) in [6, 6.07) is -0.335. The van der Waals surface area contributed by atoms with E-state index in [9.17, 15) is 14.7 Å². The first-order valence-electron chi connectivity index (χ1n) is 4.51. The van der Waals surface area contributed by atoms with Gasteiger partial charge in [-0.25, -0.2) is 0 Å². The summed E-state index contributed by atoms with van der Waals surface area (Å²) in [6.45, 7) is 1.74. The van der Waals surface area contributed by atoms with Gasteiger partial charge >= 0.3 is 0 Å². The van der Waals surface area contributed by atoms with Crippen LogP contribution in [0.25, 0.3) is 0 Å². The molecule has 0 aliphatic carbocycles. The Morgan fingerprint density at radius 3 is 2.64 bits per heavy atom. The van der Waals surface area contributed by atoms with Gasteiger partial charge in [0, 0.05) is 20.2 Å². The highest BCUT2D eigenvalue weighted by molar-refractivity contribution is 5.82. The Balaban J connectivity index is 2.62. The second-order valence-corrected chi connectivity index (χ2v) is 3.52. The van der Waals surface area contributed by atoms with E-state index in [1.807, 2.05) is 0 Å². The number of aliphatic carboxylic acids is 1. The highest BCUT2D eigenvalue weighted by Gasteiger charge is 2.34. The van der Waals surface area contributed by atoms with Gasteiger partial charge in [-0.2, -0.15) is 0 Å². The van der Waals surface area contributed by atoms with Crippen LogP contribution in [0.1, 0.15) is 13.3 Å². The zero-order chi connectivity index (χ0) is 10.7. The van der Waals surface area contributed by atoms with Crippen molar-refractivity contribution in [3.8, 4) is 0 Å². The number of hydrogen-bond donors (Lipinski definition) is 0. The number of carbonyl (C=O) groups excluding carboxylic acids is 2. The van der Waals surface area contributed by atoms with Gasteiger partial charge in [0.1, 0.15) is 5.78 Å². The smallest absolute Gasteiger partial charge is 0.147 e. The van der Waals surface area contributed by atoms with E-state index in [2.05, 4.69) is 0 Å². The Bertz CT molecular complexity index is 241. The van der Waals surface area contributed by atoms with Crippen LogP contribution in [0, 0.1) is 0 Å². The third-order valence-corrected chi connectivity index (χ3v) is 2.50. The average molecular weight is 200 g/mol. The first kappa shape index (κ1) is 11.1. The Morgan fingerprint density at radius 1 is 1.57 bits per heavy atom. The molecule has 1 aliphatic rings. The summed E-state index contributed by atoms with van der Waals surface area (Å²) in [7, 11) is 1.56. The maximum atomic E-state index is 11.2. The first-order valence-corrected chi connectivity index (χ1v) is 4.51. The maximum Gasteiger partial charge on any atom is 0.147 e. The van der Waals surface area contributed by atoms with Crippen molar-refractivity contribution in [2.45, 2.75) is 25.5 Å². The van der Waals surface area contributed by atoms with Crippen LogP contribution in [0.4, 0.5) is 0 Å². The van der Waals surface area contributed by atoms with E-state index in [1.165, 1.54) is 6.92 Å². The van der Waals surface area contributed by atoms with Crippen molar-refractivity contribution >= 4 is 11.8 Å². The topological polar surface area (TPSA) is 69.7 Å². The fourth-order valence-electron chi connectivity index (χ4n) is 1.80. The SMILES string of the molecule is COC1CC(C(C)=O)N(CC(=O)[O-])C1. The molecule has 1 fully saturated rings. The third-order valence-electron chi connectivity index (χ3n) is 2.50. The molecule has 5 nitrogen and oxygen atoms in total. The van der Waals surface area contributed by atoms with Crippen LogP contribution in [0.5, 0.6) is 0 Å². The van der Waals surface area contributed by atoms with Crippen molar-refractivity contribution in [1.82, 2.24) is 4.90 Å². The molecule has 0 aromatic rings. The number of carboxylic acid groups (broad SMARTS) is 1. The lowest BCUT2D eigenvalue weighted by molar-refractivity contribution is -0.306. The minimum Gasteiger partial charge on any atom is -0.549 e. The van der Waals surface area contributed by atoms with Crippen molar-refractivity contribution < 1.29 is 19.4 Å². The van der Waals surface area contributed by atoms with Crippen LogP contribution in [0.2, 0.25) is 0 Å². The number of methoxy groups -OCH3 is 1. The summed E-state index contributed by atoms with van der Waals surface area (Å²) < 4.78 is 5.10. The standard InChI is InChI=1S/C9H15NO4/c1-6(11)8-3-7(14-2)4-10(8)5-9(12)13/h7-8H,3-5H2,1-2H3,(H,12,13)/p-1. The summed E-state index contributed by atoms with van der Waals surface area (Å²) in [6.07, 6.45) is 0.516. The molecule has 0 amide bonds. The van der Waals surface area contributed by atoms with Crippen molar-refractivity contribution in [1.29, 1.82) is 0 Å². The van der Waals surface area contributed by atoms with Gasteiger partial charge in [0.05, 0.1) is 18.1 Å². The Labute approximate surface area is 82.6 Å². The van der Waals surface area contributed by atoms with Gasteiger partial charge in [0.2, 0.25) is 0 Å². The van der Waals surface area contributed by atoms with E-state index in [1.54, 1.807) is 12.0 Å². The number of carbonyl (C=O) groups is 2. The van der Waals surface area contributed by atoms with Gasteiger partial charge in [0.25, 0.3) is 0 Å². The molecular formula is C9H14NO4-. The highest BCUT2D eigenvalue weighted by atomic mass is 16.5. The van der Waals surface area contributed by atoms with Crippen LogP contribution < -0.4 is 5.11 Å². The molecule has 0 N–H and O–H groups in total. The lowest BCUT2D eigenvalue weighted by Gasteiger charge is -2.21. The molecule has 2 atom stereocenters. The molecule has 80 valence electrons. The second-order valence-electron chi connectivity index (χ2n) is 3.52. The Kier molecular flexibility index (Phi) is 3.60. The zero-order valence-electron chi connectivity index (χ0n) is 8.36. The minimum atomic E-state index is -1.16. The van der Waals surface area contributed by atoms with E-state index in [0.29, 0.717) is 13.0 Å². The van der Waals surface area contributed by atoms with E-state index in [0.717, 1.165) is 0 Å². The highest BCUT2D eigenvalue weighted by Crippen LogP contribution is 2.19. The number of hydrogen-bond acceptors (Lipinski definition) is 5. The van der Waals surface area contributed by atoms with Crippen molar-refractivity contribution in [3.05, 3.63) is 0 Å². The lowest BCUT2D eigenvalue weighted by atomic mass is 10.1. The summed E-state index contributed by atoms with van der Waals surface area (Å²) in [5.41, 5.74) is 0. The van der Waals surface area contributed by atoms with Gasteiger partial charge in [0.15, 0.2) is 0 Å². The van der Waals surface area contributed by atoms with Crippen LogP contribution in [-0.2, 0) is 14.3 Å². The van der Waals surface area contributed by atoms with E-state index >= 15 is 0 Å². The van der Waals surface area contributed by atoms with E-state index < -0.39 is 5.97 Å². The number of Topliss-reactive ketones (excluding diaryl/α,β-unsaturated/α-hetero) is 1. The predicted molar refractivity (Wildman–Crippen MR) is 46.5 cm³/mol. The quantitative estimate of drug-likeness (QED) is 0.547. The monoisotopic (exact) mass is 200 g/mol. The molecule has 2 unspecified atom stereocenters. The number of rotatable bonds is 4. The number of likely N-dealkylation sites (tertiary alicyclic amines) is 1. The van der Waals surface area contributed by atoms with Crippen LogP contribution >= 0.6 is 0 Å². The molecule has 14 heavy (non-hydrogen) atoms. The number of nitrogens with zero attached hydrogens (tertiary/aromatic N) is 1. The van der Waals surface area contributed by atoms with Crippen molar-refractivity contribution in [2.75, 3.05) is 20.2 Å². The fourth-order valence-corrected chi connectivity index (χ4v) is 1.80. The third kappa shape index (κ3) is 2.52. The Hall–Kier alpha value is -0.940. The van der Waals surface area contributed by atoms with Gasteiger partial charge in [-0.3, -0.25) is 9.69 Å². The minimum absolute atomic E-state index is 0.0224. The number of ketones is 1. The maximum absolute atomic E-state index is 11.2. The summed E-state index contributed by atoms with van der Waals surface area (Å²) in [5.74, 6) is -1.18. The van der Waals surface area contributed by atoms with Crippen LogP contribution in [0.15, 0.2) is 0 Å². The lowest BCUT2D eigenvalue weighted by Crippen LogP contribution is -2.43.